The maximum Gasteiger partial charge on any atom is 0.303 e. The van der Waals surface area contributed by atoms with Crippen LogP contribution in [-0.2, 0) is 85.7 Å². The number of amides is 1. The van der Waals surface area contributed by atoms with Gasteiger partial charge in [-0.15, -0.1) is 0 Å². The van der Waals surface area contributed by atoms with Crippen molar-refractivity contribution in [1.82, 2.24) is 5.32 Å². The number of nitrogens with one attached hydrogen (secondary N) is 1. The first kappa shape index (κ1) is 56.8. The van der Waals surface area contributed by atoms with Crippen LogP contribution in [0.3, 0.4) is 0 Å². The van der Waals surface area contributed by atoms with Gasteiger partial charge in [-0.1, -0.05) is 110 Å². The van der Waals surface area contributed by atoms with E-state index in [0.717, 1.165) is 74.1 Å². The standard InChI is InChI=1S/C46H75NO18/c1-9-10-11-12-13-14-15-16-17-18-19-20-21-22-23-24-25-26-38(55)47-45-43(61-34(7)53)41(59-32(5)51)40(36(63-45)27-56-29(2)48)65-46-44(62-35(8)54)42(60-33(6)52)39(58-31(4)50)37(64-46)28-57-30(3)49/h36-37,39-46H,9-28H2,1-8H3,(H,47,55)/t36-,37-,39-,40-,41+,42+,43+,44+,45-,46+/m1/s1. The molecule has 0 radical (unpaired) electrons. The average Bonchev–Trinajstić information content (AvgIpc) is 3.21. The normalized spacial score (nSPS) is 25.0. The second kappa shape index (κ2) is 31.5. The van der Waals surface area contributed by atoms with Crippen LogP contribution in [0.4, 0.5) is 0 Å². The second-order valence-electron chi connectivity index (χ2n) is 16.7. The lowest BCUT2D eigenvalue weighted by molar-refractivity contribution is -0.345. The maximum absolute atomic E-state index is 13.4. The molecule has 1 amide bonds. The molecule has 0 aromatic heterocycles. The molecular weight excluding hydrogens is 854 g/mol. The molecule has 0 unspecified atom stereocenters. The minimum atomic E-state index is -1.81. The van der Waals surface area contributed by atoms with E-state index >= 15 is 0 Å². The third-order valence-electron chi connectivity index (χ3n) is 10.7. The van der Waals surface area contributed by atoms with Crippen molar-refractivity contribution in [2.45, 2.75) is 232 Å². The number of ether oxygens (including phenoxy) is 10. The Morgan fingerprint density at radius 1 is 0.400 bits per heavy atom. The minimum absolute atomic E-state index is 0.1000. The third kappa shape index (κ3) is 23.1. The first-order chi connectivity index (χ1) is 30.9. The molecule has 0 spiro atoms. The van der Waals surface area contributed by atoms with E-state index in [1.807, 2.05) is 0 Å². The van der Waals surface area contributed by atoms with Gasteiger partial charge in [0.25, 0.3) is 0 Å². The van der Waals surface area contributed by atoms with Crippen molar-refractivity contribution in [3.8, 4) is 0 Å². The highest BCUT2D eigenvalue weighted by Gasteiger charge is 2.57. The molecule has 2 heterocycles. The third-order valence-corrected chi connectivity index (χ3v) is 10.7. The van der Waals surface area contributed by atoms with E-state index < -0.39 is 122 Å². The summed E-state index contributed by atoms with van der Waals surface area (Å²) >= 11 is 0. The van der Waals surface area contributed by atoms with E-state index in [-0.39, 0.29) is 6.42 Å². The fourth-order valence-corrected chi connectivity index (χ4v) is 7.87. The number of unbranched alkanes of at least 4 members (excludes halogenated alkanes) is 16. The van der Waals surface area contributed by atoms with Crippen molar-refractivity contribution in [2.24, 2.45) is 0 Å². The molecule has 0 aromatic carbocycles. The SMILES string of the molecule is CCCCCCCCCCCCCCCCCCCC(=O)N[C@@H]1O[C@H](COC(C)=O)[C@@H](O[C@@H]2O[C@H](COC(C)=O)[C@@H](OC(C)=O)[C@H](OC(C)=O)[C@@H]2OC(C)=O)[C@H](OC(C)=O)[C@@H]1OC(C)=O. The van der Waals surface area contributed by atoms with Gasteiger partial charge in [0.05, 0.1) is 0 Å². The number of rotatable bonds is 30. The number of esters is 7. The molecule has 10 atom stereocenters. The van der Waals surface area contributed by atoms with Gasteiger partial charge < -0.3 is 52.7 Å². The summed E-state index contributed by atoms with van der Waals surface area (Å²) in [5.41, 5.74) is 0. The van der Waals surface area contributed by atoms with Gasteiger partial charge in [-0.25, -0.2) is 0 Å². The van der Waals surface area contributed by atoms with E-state index in [4.69, 9.17) is 47.4 Å². The smallest absolute Gasteiger partial charge is 0.303 e. The zero-order chi connectivity index (χ0) is 48.3. The van der Waals surface area contributed by atoms with Gasteiger partial charge in [0, 0.05) is 54.9 Å². The molecule has 2 fully saturated rings. The zero-order valence-corrected chi connectivity index (χ0v) is 39.8. The first-order valence-corrected chi connectivity index (χ1v) is 23.3. The highest BCUT2D eigenvalue weighted by Crippen LogP contribution is 2.35. The van der Waals surface area contributed by atoms with E-state index in [2.05, 4.69) is 12.2 Å². The molecule has 0 saturated carbocycles. The summed E-state index contributed by atoms with van der Waals surface area (Å²) < 4.78 is 56.9. The van der Waals surface area contributed by atoms with Gasteiger partial charge in [0.15, 0.2) is 43.0 Å². The van der Waals surface area contributed by atoms with Crippen LogP contribution in [0.2, 0.25) is 0 Å². The highest BCUT2D eigenvalue weighted by molar-refractivity contribution is 5.76. The van der Waals surface area contributed by atoms with Gasteiger partial charge in [0.1, 0.15) is 31.5 Å². The molecule has 1 N–H and O–H groups in total. The van der Waals surface area contributed by atoms with Gasteiger partial charge >= 0.3 is 41.8 Å². The van der Waals surface area contributed by atoms with Crippen molar-refractivity contribution in [1.29, 1.82) is 0 Å². The van der Waals surface area contributed by atoms with Crippen molar-refractivity contribution in [2.75, 3.05) is 13.2 Å². The Balaban J connectivity index is 2.23. The summed E-state index contributed by atoms with van der Waals surface area (Å²) in [5, 5.41) is 2.72. The Kier molecular flexibility index (Phi) is 27.5. The monoisotopic (exact) mass is 929 g/mol. The summed E-state index contributed by atoms with van der Waals surface area (Å²) in [6.45, 7) is 8.62. The second-order valence-corrected chi connectivity index (χ2v) is 16.7. The fraction of sp³-hybridized carbons (Fsp3) is 0.826. The van der Waals surface area contributed by atoms with E-state index in [1.54, 1.807) is 0 Å². The predicted octanol–water partition coefficient (Wildman–Crippen LogP) is 5.76. The lowest BCUT2D eigenvalue weighted by Gasteiger charge is -2.48. The summed E-state index contributed by atoms with van der Waals surface area (Å²) in [6.07, 6.45) is 4.46. The van der Waals surface area contributed by atoms with E-state index in [0.29, 0.717) is 6.42 Å². The molecule has 2 aliphatic heterocycles. The molecule has 372 valence electrons. The quantitative estimate of drug-likeness (QED) is 0.0511. The van der Waals surface area contributed by atoms with Crippen LogP contribution >= 0.6 is 0 Å². The fourth-order valence-electron chi connectivity index (χ4n) is 7.87. The topological polar surface area (TPSA) is 241 Å². The van der Waals surface area contributed by atoms with Crippen molar-refractivity contribution in [3.63, 3.8) is 0 Å². The van der Waals surface area contributed by atoms with Crippen LogP contribution in [0.15, 0.2) is 0 Å². The van der Waals surface area contributed by atoms with Crippen LogP contribution in [0.1, 0.15) is 171 Å². The summed E-state index contributed by atoms with van der Waals surface area (Å²) in [4.78, 5) is 99.8. The molecule has 65 heavy (non-hydrogen) atoms. The summed E-state index contributed by atoms with van der Waals surface area (Å²) in [7, 11) is 0. The number of hydrogen-bond donors (Lipinski definition) is 1. The Labute approximate surface area is 383 Å². The average molecular weight is 930 g/mol. The molecule has 0 aromatic rings. The summed E-state index contributed by atoms with van der Waals surface area (Å²) in [6, 6.07) is 0. The Hall–Kier alpha value is -4.36. The van der Waals surface area contributed by atoms with Crippen LogP contribution in [0.5, 0.6) is 0 Å². The lowest BCUT2D eigenvalue weighted by Crippen LogP contribution is -2.68. The first-order valence-electron chi connectivity index (χ1n) is 23.3. The minimum Gasteiger partial charge on any atom is -0.463 e. The van der Waals surface area contributed by atoms with Crippen LogP contribution in [0.25, 0.3) is 0 Å². The number of carbonyl (C=O) groups excluding carboxylic acids is 8. The van der Waals surface area contributed by atoms with Crippen LogP contribution < -0.4 is 5.32 Å². The molecule has 2 aliphatic rings. The lowest BCUT2D eigenvalue weighted by atomic mass is 9.95. The molecule has 19 heteroatoms. The molecule has 0 bridgehead atoms. The zero-order valence-electron chi connectivity index (χ0n) is 39.8. The van der Waals surface area contributed by atoms with Crippen molar-refractivity contribution >= 4 is 47.7 Å². The maximum atomic E-state index is 13.4. The molecule has 2 saturated heterocycles. The predicted molar refractivity (Wildman–Crippen MR) is 230 cm³/mol. The Morgan fingerprint density at radius 3 is 1.17 bits per heavy atom. The molecule has 2 rings (SSSR count). The number of carbonyl (C=O) groups is 8. The summed E-state index contributed by atoms with van der Waals surface area (Å²) in [5.74, 6) is -6.37. The van der Waals surface area contributed by atoms with Gasteiger partial charge in [0.2, 0.25) is 5.91 Å². The van der Waals surface area contributed by atoms with Crippen molar-refractivity contribution < 1.29 is 85.7 Å². The molecule has 0 aliphatic carbocycles. The number of hydrogen-bond acceptors (Lipinski definition) is 18. The Bertz CT molecular complexity index is 1510. The van der Waals surface area contributed by atoms with Gasteiger partial charge in [-0.05, 0) is 6.42 Å². The van der Waals surface area contributed by atoms with E-state index in [1.165, 1.54) is 77.0 Å². The van der Waals surface area contributed by atoms with Gasteiger partial charge in [-0.2, -0.15) is 0 Å². The highest BCUT2D eigenvalue weighted by atomic mass is 16.8. The van der Waals surface area contributed by atoms with Crippen molar-refractivity contribution in [3.05, 3.63) is 0 Å². The molecular formula is C46H75NO18. The van der Waals surface area contributed by atoms with Crippen LogP contribution in [-0.4, -0.2) is 122 Å². The largest absolute Gasteiger partial charge is 0.463 e. The Morgan fingerprint density at radius 2 is 0.754 bits per heavy atom. The van der Waals surface area contributed by atoms with E-state index in [9.17, 15) is 38.4 Å². The van der Waals surface area contributed by atoms with Crippen LogP contribution in [0, 0.1) is 0 Å². The molecule has 19 nitrogen and oxygen atoms in total. The van der Waals surface area contributed by atoms with Gasteiger partial charge in [-0.3, -0.25) is 38.4 Å².